The molecule has 1 atom stereocenters. The van der Waals surface area contributed by atoms with Crippen molar-refractivity contribution in [1.29, 1.82) is 0 Å². The summed E-state index contributed by atoms with van der Waals surface area (Å²) in [6.45, 7) is -0.205. The Balaban J connectivity index is 1.92. The first-order chi connectivity index (χ1) is 8.48. The zero-order valence-corrected chi connectivity index (χ0v) is 11.8. The molecule has 1 saturated carbocycles. The van der Waals surface area contributed by atoms with E-state index >= 15 is 0 Å². The molecule has 3 rings (SSSR count). The third-order valence-electron chi connectivity index (χ3n) is 3.70. The van der Waals surface area contributed by atoms with Gasteiger partial charge in [0.05, 0.1) is 47.2 Å². The molecule has 0 aromatic rings. The number of aliphatic hydroxyl groups excluding tert-OH is 1. The van der Waals surface area contributed by atoms with Gasteiger partial charge in [0.2, 0.25) is 5.70 Å². The number of quaternary nitrogens is 1. The highest BCUT2D eigenvalue weighted by Gasteiger charge is 2.50. The van der Waals surface area contributed by atoms with Crippen LogP contribution in [0.4, 0.5) is 0 Å². The molecule has 0 aromatic carbocycles. The second kappa shape index (κ2) is 3.94. The number of fused-ring (bicyclic) bond motifs is 1. The smallest absolute Gasteiger partial charge is 0.293 e. The highest BCUT2D eigenvalue weighted by molar-refractivity contribution is 14.1. The molecule has 1 aliphatic carbocycles. The first-order valence-corrected chi connectivity index (χ1v) is 6.77. The minimum atomic E-state index is -0.951. The van der Waals surface area contributed by atoms with E-state index in [4.69, 9.17) is 10.9 Å². The molecule has 18 heavy (non-hydrogen) atoms. The molecular weight excluding hydrogens is 347 g/mol. The van der Waals surface area contributed by atoms with Crippen LogP contribution in [0.25, 0.3) is 0 Å². The third kappa shape index (κ3) is 1.62. The van der Waals surface area contributed by atoms with Crippen molar-refractivity contribution >= 4 is 32.6 Å². The molecule has 0 aromatic heterocycles. The van der Waals surface area contributed by atoms with Gasteiger partial charge in [-0.2, -0.15) is 10.8 Å². The van der Waals surface area contributed by atoms with Gasteiger partial charge in [0.15, 0.2) is 0 Å². The van der Waals surface area contributed by atoms with Crippen molar-refractivity contribution in [1.82, 2.24) is 0 Å². The number of halogens is 1. The zero-order valence-electron chi connectivity index (χ0n) is 9.62. The van der Waals surface area contributed by atoms with Gasteiger partial charge in [-0.25, -0.2) is 0 Å². The molecule has 0 radical (unpaired) electrons. The van der Waals surface area contributed by atoms with Crippen LogP contribution < -0.4 is 5.84 Å². The molecule has 6 nitrogen and oxygen atoms in total. The second-order valence-corrected chi connectivity index (χ2v) is 5.96. The maximum atomic E-state index is 9.87. The van der Waals surface area contributed by atoms with Gasteiger partial charge in [-0.15, -0.1) is 4.59 Å². The Bertz CT molecular complexity index is 519. The van der Waals surface area contributed by atoms with Gasteiger partial charge in [0, 0.05) is 5.92 Å². The standard InChI is InChI=1S/C11H14IN4O2/c12-10-15-9(7-3-11(18,4-7)6-17)8-5-14-1-2-16(8,10)13/h1-2,5,7,17-18H,3-4,6,13H2/q+1. The molecule has 2 aliphatic heterocycles. The molecule has 4 N–H and O–H groups in total. The van der Waals surface area contributed by atoms with Gasteiger partial charge in [-0.05, 0) is 12.8 Å². The normalized spacial score (nSPS) is 41.8. The first-order valence-electron chi connectivity index (χ1n) is 5.69. The third-order valence-corrected chi connectivity index (χ3v) is 4.74. The van der Waals surface area contributed by atoms with Crippen LogP contribution in [0.15, 0.2) is 33.8 Å². The number of rotatable bonds is 2. The van der Waals surface area contributed by atoms with Crippen molar-refractivity contribution in [3.63, 3.8) is 0 Å². The summed E-state index contributed by atoms with van der Waals surface area (Å²) in [4.78, 5) is 8.62. The van der Waals surface area contributed by atoms with Gasteiger partial charge in [-0.1, -0.05) is 0 Å². The van der Waals surface area contributed by atoms with E-state index in [1.54, 1.807) is 18.6 Å². The fourth-order valence-electron chi connectivity index (χ4n) is 2.57. The minimum Gasteiger partial charge on any atom is -0.393 e. The summed E-state index contributed by atoms with van der Waals surface area (Å²) in [7, 11) is 0. The Morgan fingerprint density at radius 1 is 1.56 bits per heavy atom. The maximum Gasteiger partial charge on any atom is 0.293 e. The summed E-state index contributed by atoms with van der Waals surface area (Å²) in [6, 6.07) is 0. The number of allylic oxidation sites excluding steroid dienone is 2. The summed E-state index contributed by atoms with van der Waals surface area (Å²) in [5.74, 6) is 6.41. The lowest BCUT2D eigenvalue weighted by atomic mass is 9.69. The van der Waals surface area contributed by atoms with E-state index in [1.165, 1.54) is 0 Å². The van der Waals surface area contributed by atoms with Crippen LogP contribution in [-0.2, 0) is 0 Å². The van der Waals surface area contributed by atoms with Crippen molar-refractivity contribution < 1.29 is 14.8 Å². The molecule has 2 heterocycles. The Morgan fingerprint density at radius 3 is 2.94 bits per heavy atom. The molecule has 7 heteroatoms. The van der Waals surface area contributed by atoms with Crippen molar-refractivity contribution in [3.05, 3.63) is 23.8 Å². The van der Waals surface area contributed by atoms with E-state index in [1.807, 2.05) is 0 Å². The molecule has 1 unspecified atom stereocenters. The molecule has 96 valence electrons. The number of hydrogen-bond acceptors (Lipinski definition) is 5. The van der Waals surface area contributed by atoms with Crippen LogP contribution in [0.3, 0.4) is 0 Å². The quantitative estimate of drug-likeness (QED) is 0.288. The van der Waals surface area contributed by atoms with E-state index in [0.717, 1.165) is 15.2 Å². The zero-order chi connectivity index (χ0) is 13.0. The van der Waals surface area contributed by atoms with Crippen molar-refractivity contribution in [2.24, 2.45) is 21.7 Å². The van der Waals surface area contributed by atoms with E-state index in [0.29, 0.717) is 12.8 Å². The number of aliphatic hydroxyl groups is 2. The average molecular weight is 361 g/mol. The lowest BCUT2D eigenvalue weighted by Gasteiger charge is -2.41. The summed E-state index contributed by atoms with van der Waals surface area (Å²) in [5.41, 5.74) is 0.785. The van der Waals surface area contributed by atoms with Crippen LogP contribution in [0, 0.1) is 5.92 Å². The van der Waals surface area contributed by atoms with Crippen LogP contribution in [0.5, 0.6) is 0 Å². The summed E-state index contributed by atoms with van der Waals surface area (Å²) < 4.78 is 0.826. The number of aliphatic imine (C=N–C) groups is 2. The summed E-state index contributed by atoms with van der Waals surface area (Å²) in [5, 5.41) is 18.9. The van der Waals surface area contributed by atoms with Crippen LogP contribution in [0.1, 0.15) is 12.8 Å². The highest BCUT2D eigenvalue weighted by atomic mass is 127. The van der Waals surface area contributed by atoms with Gasteiger partial charge < -0.3 is 10.2 Å². The Labute approximate surface area is 118 Å². The fraction of sp³-hybridized carbons (Fsp3) is 0.455. The lowest BCUT2D eigenvalue weighted by Crippen LogP contribution is -2.51. The SMILES string of the molecule is N[N+]12C=CN=CC1=C(C1CC(O)(CO)C1)N=C2I. The van der Waals surface area contributed by atoms with Gasteiger partial charge in [0.1, 0.15) is 11.9 Å². The largest absolute Gasteiger partial charge is 0.393 e. The summed E-state index contributed by atoms with van der Waals surface area (Å²) >= 11 is 2.12. The van der Waals surface area contributed by atoms with Gasteiger partial charge in [-0.3, -0.25) is 4.99 Å². The van der Waals surface area contributed by atoms with E-state index in [-0.39, 0.29) is 17.1 Å². The Hall–Kier alpha value is -0.610. The predicted molar refractivity (Wildman–Crippen MR) is 75.3 cm³/mol. The van der Waals surface area contributed by atoms with E-state index in [9.17, 15) is 5.11 Å². The van der Waals surface area contributed by atoms with Crippen LogP contribution in [-0.4, -0.2) is 37.1 Å². The maximum absolute atomic E-state index is 9.87. The minimum absolute atomic E-state index is 0.0629. The molecule has 0 spiro atoms. The monoisotopic (exact) mass is 361 g/mol. The van der Waals surface area contributed by atoms with E-state index < -0.39 is 5.60 Å². The second-order valence-electron chi connectivity index (χ2n) is 4.99. The Kier molecular flexibility index (Phi) is 2.72. The fourth-order valence-corrected chi connectivity index (χ4v) is 3.25. The highest BCUT2D eigenvalue weighted by Crippen LogP contribution is 2.46. The summed E-state index contributed by atoms with van der Waals surface area (Å²) in [6.07, 6.45) is 6.21. The van der Waals surface area contributed by atoms with E-state index in [2.05, 4.69) is 32.6 Å². The lowest BCUT2D eigenvalue weighted by molar-refractivity contribution is -0.745. The van der Waals surface area contributed by atoms with Crippen molar-refractivity contribution in [2.75, 3.05) is 6.61 Å². The Morgan fingerprint density at radius 2 is 2.28 bits per heavy atom. The van der Waals surface area contributed by atoms with Crippen LogP contribution >= 0.6 is 22.6 Å². The topological polar surface area (TPSA) is 91.2 Å². The number of nitrogens with zero attached hydrogens (tertiary/aromatic N) is 3. The average Bonchev–Trinajstić information content (AvgIpc) is 2.58. The van der Waals surface area contributed by atoms with Crippen molar-refractivity contribution in [2.45, 2.75) is 18.4 Å². The number of hydrogen-bond donors (Lipinski definition) is 3. The molecular formula is C11H14IN4O2+. The number of amidine groups is 1. The first kappa shape index (κ1) is 12.4. The molecule has 0 saturated heterocycles. The van der Waals surface area contributed by atoms with Gasteiger partial charge >= 0.3 is 0 Å². The van der Waals surface area contributed by atoms with Crippen LogP contribution in [0.2, 0.25) is 0 Å². The van der Waals surface area contributed by atoms with Gasteiger partial charge in [0.25, 0.3) is 3.84 Å². The molecule has 0 bridgehead atoms. The number of nitrogens with two attached hydrogens (primary N) is 1. The molecule has 0 amide bonds. The molecule has 3 aliphatic rings. The van der Waals surface area contributed by atoms with Crippen molar-refractivity contribution in [3.8, 4) is 0 Å². The predicted octanol–water partition coefficient (Wildman–Crippen LogP) is 0.382. The molecule has 1 fully saturated rings.